The minimum atomic E-state index is 0.00982. The molecule has 0 bridgehead atoms. The molecule has 0 aliphatic carbocycles. The van der Waals surface area contributed by atoms with E-state index in [1.807, 2.05) is 10.6 Å². The fourth-order valence-electron chi connectivity index (χ4n) is 3.64. The summed E-state index contributed by atoms with van der Waals surface area (Å²) in [6.45, 7) is 6.54. The van der Waals surface area contributed by atoms with E-state index in [1.165, 1.54) is 11.1 Å². The van der Waals surface area contributed by atoms with Gasteiger partial charge in [-0.05, 0) is 43.5 Å². The highest BCUT2D eigenvalue weighted by molar-refractivity contribution is 7.98. The smallest absolute Gasteiger partial charge is 0.223 e. The minimum absolute atomic E-state index is 0.00982. The Morgan fingerprint density at radius 1 is 1.15 bits per heavy atom. The van der Waals surface area contributed by atoms with Crippen LogP contribution in [-0.4, -0.2) is 20.7 Å². The Kier molecular flexibility index (Phi) is 9.65. The molecular weight excluding hydrogens is 475 g/mol. The van der Waals surface area contributed by atoms with Gasteiger partial charge in [-0.1, -0.05) is 91.5 Å². The van der Waals surface area contributed by atoms with E-state index in [0.29, 0.717) is 21.0 Å². The first-order valence-electron chi connectivity index (χ1n) is 11.3. The number of amides is 1. The molecule has 3 aromatic rings. The maximum Gasteiger partial charge on any atom is 0.223 e. The lowest BCUT2D eigenvalue weighted by Gasteiger charge is -2.16. The zero-order valence-corrected chi connectivity index (χ0v) is 21.6. The first-order valence-corrected chi connectivity index (χ1v) is 13.0. The van der Waals surface area contributed by atoms with E-state index < -0.39 is 0 Å². The van der Waals surface area contributed by atoms with Crippen molar-refractivity contribution in [2.75, 3.05) is 0 Å². The quantitative estimate of drug-likeness (QED) is 0.285. The van der Waals surface area contributed by atoms with Crippen molar-refractivity contribution in [1.29, 1.82) is 0 Å². The average molecular weight is 506 g/mol. The molecule has 0 fully saturated rings. The van der Waals surface area contributed by atoms with Crippen LogP contribution in [0.25, 0.3) is 5.69 Å². The van der Waals surface area contributed by atoms with E-state index in [2.05, 4.69) is 60.6 Å². The van der Waals surface area contributed by atoms with Crippen LogP contribution in [-0.2, 0) is 17.1 Å². The Morgan fingerprint density at radius 2 is 1.97 bits per heavy atom. The normalized spacial score (nSPS) is 12.0. The van der Waals surface area contributed by atoms with Crippen molar-refractivity contribution in [1.82, 2.24) is 20.1 Å². The van der Waals surface area contributed by atoms with Gasteiger partial charge in [0.15, 0.2) is 11.0 Å². The highest BCUT2D eigenvalue weighted by Crippen LogP contribution is 2.31. The number of aryl methyl sites for hydroxylation is 1. The Morgan fingerprint density at radius 3 is 2.67 bits per heavy atom. The van der Waals surface area contributed by atoms with E-state index in [0.717, 1.165) is 37.1 Å². The van der Waals surface area contributed by atoms with Crippen LogP contribution >= 0.6 is 35.0 Å². The van der Waals surface area contributed by atoms with E-state index >= 15 is 0 Å². The third-order valence-corrected chi connectivity index (χ3v) is 7.03. The Hall–Kier alpha value is -2.02. The van der Waals surface area contributed by atoms with Crippen LogP contribution in [0.4, 0.5) is 0 Å². The van der Waals surface area contributed by atoms with Crippen LogP contribution in [0.1, 0.15) is 56.5 Å². The third-order valence-electron chi connectivity index (χ3n) is 5.49. The molecule has 1 amide bonds. The van der Waals surface area contributed by atoms with Gasteiger partial charge in [0.05, 0.1) is 17.3 Å². The second-order valence-electron chi connectivity index (χ2n) is 8.07. The Bertz CT molecular complexity index is 1090. The first-order chi connectivity index (χ1) is 15.9. The van der Waals surface area contributed by atoms with Crippen molar-refractivity contribution in [2.45, 2.75) is 63.9 Å². The molecule has 0 aliphatic heterocycles. The number of halogens is 2. The largest absolute Gasteiger partial charge is 0.349 e. The molecule has 176 valence electrons. The summed E-state index contributed by atoms with van der Waals surface area (Å²) in [4.78, 5) is 12.7. The number of benzene rings is 2. The predicted molar refractivity (Wildman–Crippen MR) is 137 cm³/mol. The fraction of sp³-hybridized carbons (Fsp3) is 0.400. The summed E-state index contributed by atoms with van der Waals surface area (Å²) < 4.78 is 1.91. The van der Waals surface area contributed by atoms with Crippen molar-refractivity contribution in [3.05, 3.63) is 69.5 Å². The van der Waals surface area contributed by atoms with Gasteiger partial charge in [-0.2, -0.15) is 0 Å². The highest BCUT2D eigenvalue weighted by atomic mass is 35.5. The van der Waals surface area contributed by atoms with Gasteiger partial charge in [-0.25, -0.2) is 0 Å². The number of nitrogens with zero attached hydrogens (tertiary/aromatic N) is 3. The van der Waals surface area contributed by atoms with Crippen molar-refractivity contribution in [3.63, 3.8) is 0 Å². The van der Waals surface area contributed by atoms with Gasteiger partial charge < -0.3 is 5.32 Å². The topological polar surface area (TPSA) is 59.8 Å². The first kappa shape index (κ1) is 25.6. The second-order valence-corrected chi connectivity index (χ2v) is 9.86. The molecule has 1 heterocycles. The number of thioether (sulfide) groups is 1. The van der Waals surface area contributed by atoms with E-state index in [1.54, 1.807) is 23.9 Å². The minimum Gasteiger partial charge on any atom is -0.349 e. The van der Waals surface area contributed by atoms with Crippen LogP contribution in [0.5, 0.6) is 0 Å². The molecule has 1 unspecified atom stereocenters. The van der Waals surface area contributed by atoms with Crippen molar-refractivity contribution < 1.29 is 4.79 Å². The third kappa shape index (κ3) is 6.98. The lowest BCUT2D eigenvalue weighted by Crippen LogP contribution is -2.31. The average Bonchev–Trinajstić information content (AvgIpc) is 3.19. The number of hydrogen-bond acceptors (Lipinski definition) is 4. The van der Waals surface area contributed by atoms with Gasteiger partial charge in [-0.3, -0.25) is 9.36 Å². The molecule has 0 aliphatic rings. The maximum absolute atomic E-state index is 12.7. The second kappa shape index (κ2) is 12.4. The molecule has 8 heteroatoms. The van der Waals surface area contributed by atoms with Crippen molar-refractivity contribution >= 4 is 40.9 Å². The Balaban J connectivity index is 1.84. The molecule has 0 radical (unpaired) electrons. The Labute approximate surface area is 210 Å². The molecule has 0 spiro atoms. The molecule has 1 atom stereocenters. The van der Waals surface area contributed by atoms with Crippen LogP contribution < -0.4 is 5.32 Å². The molecule has 33 heavy (non-hydrogen) atoms. The highest BCUT2D eigenvalue weighted by Gasteiger charge is 2.20. The van der Waals surface area contributed by atoms with E-state index in [-0.39, 0.29) is 18.4 Å². The molecule has 1 N–H and O–H groups in total. The number of hydrogen-bond donors (Lipinski definition) is 1. The monoisotopic (exact) mass is 504 g/mol. The summed E-state index contributed by atoms with van der Waals surface area (Å²) in [5, 5.41) is 13.6. The van der Waals surface area contributed by atoms with Gasteiger partial charge >= 0.3 is 0 Å². The molecule has 1 aromatic heterocycles. The standard InChI is InChI=1S/C25H30Cl2N4OS/c1-4-6-10-19(5-2)24(32)28-15-23-29-30-25(33-16-18-9-7-8-17(3)13-18)31(23)22-12-11-20(26)14-21(22)27/h7-9,11-14,19H,4-6,10,15-16H2,1-3H3,(H,28,32). The number of nitrogens with one attached hydrogen (secondary N) is 1. The lowest BCUT2D eigenvalue weighted by atomic mass is 9.98. The van der Waals surface area contributed by atoms with Crippen LogP contribution in [0.15, 0.2) is 47.6 Å². The summed E-state index contributed by atoms with van der Waals surface area (Å²) >= 11 is 14.2. The fourth-order valence-corrected chi connectivity index (χ4v) is 5.04. The van der Waals surface area contributed by atoms with Crippen LogP contribution in [0.2, 0.25) is 10.0 Å². The van der Waals surface area contributed by atoms with Crippen molar-refractivity contribution in [3.8, 4) is 5.69 Å². The zero-order valence-electron chi connectivity index (χ0n) is 19.3. The van der Waals surface area contributed by atoms with Crippen molar-refractivity contribution in [2.24, 2.45) is 5.92 Å². The number of carbonyl (C=O) groups is 1. The van der Waals surface area contributed by atoms with Gasteiger partial charge in [0.1, 0.15) is 0 Å². The molecule has 2 aromatic carbocycles. The number of carbonyl (C=O) groups excluding carboxylic acids is 1. The van der Waals surface area contributed by atoms with Gasteiger partial charge in [-0.15, -0.1) is 10.2 Å². The zero-order chi connectivity index (χ0) is 23.8. The maximum atomic E-state index is 12.7. The molecule has 3 rings (SSSR count). The van der Waals surface area contributed by atoms with E-state index in [9.17, 15) is 4.79 Å². The van der Waals surface area contributed by atoms with E-state index in [4.69, 9.17) is 23.2 Å². The number of rotatable bonds is 11. The number of aromatic nitrogens is 3. The summed E-state index contributed by atoms with van der Waals surface area (Å²) in [6, 6.07) is 13.7. The van der Waals surface area contributed by atoms with Crippen LogP contribution in [0.3, 0.4) is 0 Å². The molecular formula is C25H30Cl2N4OS. The van der Waals surface area contributed by atoms with Crippen LogP contribution in [0, 0.1) is 12.8 Å². The molecule has 5 nitrogen and oxygen atoms in total. The number of unbranched alkanes of at least 4 members (excludes halogenated alkanes) is 1. The summed E-state index contributed by atoms with van der Waals surface area (Å²) in [7, 11) is 0. The van der Waals surface area contributed by atoms with Gasteiger partial charge in [0.25, 0.3) is 0 Å². The predicted octanol–water partition coefficient (Wildman–Crippen LogP) is 7.01. The summed E-state index contributed by atoms with van der Waals surface area (Å²) in [5.74, 6) is 1.43. The SMILES string of the molecule is CCCCC(CC)C(=O)NCc1nnc(SCc2cccc(C)c2)n1-c1ccc(Cl)cc1Cl. The molecule has 0 saturated heterocycles. The van der Waals surface area contributed by atoms with Gasteiger partial charge in [0, 0.05) is 16.7 Å². The summed E-state index contributed by atoms with van der Waals surface area (Å²) in [5.41, 5.74) is 3.15. The van der Waals surface area contributed by atoms with Gasteiger partial charge in [0.2, 0.25) is 5.91 Å². The summed E-state index contributed by atoms with van der Waals surface area (Å²) in [6.07, 6.45) is 3.84. The lowest BCUT2D eigenvalue weighted by molar-refractivity contribution is -0.125. The molecule has 0 saturated carbocycles.